The van der Waals surface area contributed by atoms with Crippen LogP contribution in [-0.2, 0) is 34.1 Å². The third-order valence-corrected chi connectivity index (χ3v) is 7.58. The summed E-state index contributed by atoms with van der Waals surface area (Å²) in [6.07, 6.45) is 9.27. The van der Waals surface area contributed by atoms with Gasteiger partial charge in [-0.3, -0.25) is 20.0 Å². The zero-order valence-corrected chi connectivity index (χ0v) is 32.4. The van der Waals surface area contributed by atoms with Gasteiger partial charge in [-0.1, -0.05) is 71.5 Å². The molecule has 0 heterocycles. The first-order valence-electron chi connectivity index (χ1n) is 17.6. The standard InChI is InChI=1S/2C20H25N3O4.2Cu/c2*24-17-7-1-5-15(19(17)26)13-22-11-3-9-21-10-4-12-23-14-16-6-2-8-18(25)20(16)27;;/h2*1-2,5-8,13-14,21,24-27H,3-4,9-12H2;;/q;;2*+2/p-4. The van der Waals surface area contributed by atoms with Gasteiger partial charge in [0, 0.05) is 51.0 Å². The van der Waals surface area contributed by atoms with Crippen molar-refractivity contribution < 1.29 is 75.0 Å². The molecule has 0 bridgehead atoms. The van der Waals surface area contributed by atoms with Crippen LogP contribution in [0.4, 0.5) is 0 Å². The van der Waals surface area contributed by atoms with E-state index < -0.39 is 23.0 Å². The third kappa shape index (κ3) is 18.0. The van der Waals surface area contributed by atoms with Gasteiger partial charge in [0.25, 0.3) is 0 Å². The van der Waals surface area contributed by atoms with E-state index in [4.69, 9.17) is 0 Å². The Balaban J connectivity index is 0.000000541. The summed E-state index contributed by atoms with van der Waals surface area (Å²) in [6.45, 7) is 5.53. The van der Waals surface area contributed by atoms with E-state index in [9.17, 15) is 40.9 Å². The molecule has 56 heavy (non-hydrogen) atoms. The molecule has 0 aliphatic heterocycles. The molecule has 0 aliphatic rings. The van der Waals surface area contributed by atoms with E-state index >= 15 is 0 Å². The van der Waals surface area contributed by atoms with Crippen LogP contribution in [0.3, 0.4) is 0 Å². The number of nitrogens with one attached hydrogen (secondary N) is 2. The molecule has 0 atom stereocenters. The Morgan fingerprint density at radius 1 is 0.393 bits per heavy atom. The van der Waals surface area contributed by atoms with Gasteiger partial charge in [-0.15, -0.1) is 0 Å². The van der Waals surface area contributed by atoms with Crippen LogP contribution < -0.4 is 31.1 Å². The number of hydrogen-bond acceptors (Lipinski definition) is 14. The first-order chi connectivity index (χ1) is 26.2. The minimum atomic E-state index is -0.408. The van der Waals surface area contributed by atoms with E-state index in [1.54, 1.807) is 48.5 Å². The molecular formula is C40H46Cu2N6O8. The summed E-state index contributed by atoms with van der Waals surface area (Å²) in [5.74, 6) is -2.69. The molecule has 0 fully saturated rings. The van der Waals surface area contributed by atoms with Crippen LogP contribution in [-0.4, -0.2) is 97.6 Å². The van der Waals surface area contributed by atoms with Gasteiger partial charge in [0.05, 0.1) is 0 Å². The maximum absolute atomic E-state index is 11.6. The minimum Gasteiger partial charge on any atom is -0.870 e. The molecule has 0 spiro atoms. The minimum absolute atomic E-state index is 0. The van der Waals surface area contributed by atoms with E-state index in [-0.39, 0.29) is 57.1 Å². The van der Waals surface area contributed by atoms with Crippen LogP contribution in [0.2, 0.25) is 0 Å². The Morgan fingerprint density at radius 2 is 0.607 bits per heavy atom. The molecule has 306 valence electrons. The normalized spacial score (nSPS) is 11.1. The van der Waals surface area contributed by atoms with Gasteiger partial charge in [0.15, 0.2) is 0 Å². The molecule has 14 nitrogen and oxygen atoms in total. The van der Waals surface area contributed by atoms with Crippen molar-refractivity contribution in [1.82, 2.24) is 10.6 Å². The molecule has 0 unspecified atom stereocenters. The molecule has 0 aromatic heterocycles. The molecule has 0 amide bonds. The number of aliphatic imine (C=N–C) groups is 4. The maximum Gasteiger partial charge on any atom is 2.00 e. The summed E-state index contributed by atoms with van der Waals surface area (Å²) < 4.78 is 0. The van der Waals surface area contributed by atoms with Crippen molar-refractivity contribution in [3.8, 4) is 46.0 Å². The number of nitrogens with zero attached hydrogens (tertiary/aromatic N) is 4. The van der Waals surface area contributed by atoms with Gasteiger partial charge >= 0.3 is 34.1 Å². The fourth-order valence-corrected chi connectivity index (χ4v) is 4.66. The third-order valence-electron chi connectivity index (χ3n) is 7.58. The second kappa shape index (κ2) is 28.3. The summed E-state index contributed by atoms with van der Waals surface area (Å²) in [4.78, 5) is 16.8. The molecule has 6 N–H and O–H groups in total. The zero-order valence-electron chi connectivity index (χ0n) is 30.5. The summed E-state index contributed by atoms with van der Waals surface area (Å²) in [6, 6.07) is 18.4. The molecule has 4 rings (SSSR count). The van der Waals surface area contributed by atoms with Gasteiger partial charge in [-0.05, 0) is 98.4 Å². The second-order valence-corrected chi connectivity index (χ2v) is 11.8. The topological polar surface area (TPSA) is 247 Å². The molecule has 16 heteroatoms. The van der Waals surface area contributed by atoms with Crippen LogP contribution in [0.25, 0.3) is 0 Å². The van der Waals surface area contributed by atoms with Crippen molar-refractivity contribution in [1.29, 1.82) is 0 Å². The van der Waals surface area contributed by atoms with Crippen molar-refractivity contribution in [3.63, 3.8) is 0 Å². The van der Waals surface area contributed by atoms with E-state index in [1.165, 1.54) is 49.1 Å². The number of phenols is 4. The Labute approximate surface area is 348 Å². The second-order valence-electron chi connectivity index (χ2n) is 11.8. The predicted molar refractivity (Wildman–Crippen MR) is 204 cm³/mol. The smallest absolute Gasteiger partial charge is 0.870 e. The van der Waals surface area contributed by atoms with Crippen LogP contribution in [0.15, 0.2) is 92.8 Å². The fourth-order valence-electron chi connectivity index (χ4n) is 4.66. The Hall–Kier alpha value is -5.08. The number of phenolic OH excluding ortho intramolecular Hbond substituents is 4. The van der Waals surface area contributed by atoms with Crippen LogP contribution in [0.5, 0.6) is 46.0 Å². The quantitative estimate of drug-likeness (QED) is 0.0430. The average molecular weight is 866 g/mol. The van der Waals surface area contributed by atoms with Gasteiger partial charge in [-0.2, -0.15) is 0 Å². The fraction of sp³-hybridized carbons (Fsp3) is 0.300. The first-order valence-corrected chi connectivity index (χ1v) is 17.6. The zero-order chi connectivity index (χ0) is 39.0. The van der Waals surface area contributed by atoms with Gasteiger partial charge in [-0.25, -0.2) is 0 Å². The van der Waals surface area contributed by atoms with E-state index in [1.807, 2.05) is 0 Å². The number of para-hydroxylation sites is 4. The molecule has 0 saturated heterocycles. The molecule has 0 saturated carbocycles. The monoisotopic (exact) mass is 864 g/mol. The predicted octanol–water partition coefficient (Wildman–Crippen LogP) is 2.30. The van der Waals surface area contributed by atoms with Crippen LogP contribution >= 0.6 is 0 Å². The van der Waals surface area contributed by atoms with Gasteiger partial charge < -0.3 is 51.5 Å². The largest absolute Gasteiger partial charge is 2.00 e. The van der Waals surface area contributed by atoms with Crippen molar-refractivity contribution in [2.75, 3.05) is 52.4 Å². The summed E-state index contributed by atoms with van der Waals surface area (Å²) in [5.41, 5.74) is 1.53. The summed E-state index contributed by atoms with van der Waals surface area (Å²) in [7, 11) is 0. The van der Waals surface area contributed by atoms with Gasteiger partial charge in [0.1, 0.15) is 23.0 Å². The average Bonchev–Trinajstić information content (AvgIpc) is 3.16. The van der Waals surface area contributed by atoms with Crippen molar-refractivity contribution in [3.05, 3.63) is 95.1 Å². The van der Waals surface area contributed by atoms with E-state index in [0.717, 1.165) is 51.9 Å². The number of benzene rings is 4. The molecule has 2 radical (unpaired) electrons. The SMILES string of the molecule is [Cu+2].[Cu+2].[O-]c1c(O)cccc1C=NCCCNCCCN=Cc1cccc(O)c1[O-].[O-]c1c(O)cccc1C=NCCCNCCCN=Cc1cccc(O)c1[O-]. The Morgan fingerprint density at radius 3 is 0.821 bits per heavy atom. The van der Waals surface area contributed by atoms with Crippen molar-refractivity contribution >= 4 is 24.9 Å². The van der Waals surface area contributed by atoms with Gasteiger partial charge in [0.2, 0.25) is 0 Å². The Kier molecular flexibility index (Phi) is 24.8. The first kappa shape index (κ1) is 48.9. The van der Waals surface area contributed by atoms with Crippen molar-refractivity contribution in [2.45, 2.75) is 25.7 Å². The number of rotatable bonds is 20. The Bertz CT molecular complexity index is 1600. The van der Waals surface area contributed by atoms with E-state index in [0.29, 0.717) is 48.4 Å². The van der Waals surface area contributed by atoms with Crippen LogP contribution in [0.1, 0.15) is 47.9 Å². The summed E-state index contributed by atoms with van der Waals surface area (Å²) in [5, 5.41) is 90.2. The summed E-state index contributed by atoms with van der Waals surface area (Å²) >= 11 is 0. The van der Waals surface area contributed by atoms with Crippen LogP contribution in [0, 0.1) is 0 Å². The molecule has 4 aromatic carbocycles. The maximum atomic E-state index is 11.6. The number of aromatic hydroxyl groups is 4. The molecule has 4 aromatic rings. The molecule has 0 aliphatic carbocycles. The number of hydrogen-bond donors (Lipinski definition) is 6. The van der Waals surface area contributed by atoms with E-state index in [2.05, 4.69) is 30.6 Å². The van der Waals surface area contributed by atoms with Crippen molar-refractivity contribution in [2.24, 2.45) is 20.0 Å². The molecular weight excluding hydrogens is 820 g/mol.